The quantitative estimate of drug-likeness (QED) is 0.858. The highest BCUT2D eigenvalue weighted by Gasteiger charge is 2.58. The summed E-state index contributed by atoms with van der Waals surface area (Å²) >= 11 is 5.95. The first-order valence-electron chi connectivity index (χ1n) is 8.29. The molecular weight excluding hydrogens is 312 g/mol. The Balaban J connectivity index is 1.70. The van der Waals surface area contributed by atoms with Crippen molar-refractivity contribution >= 4 is 29.1 Å². The van der Waals surface area contributed by atoms with Crippen LogP contribution in [0.1, 0.15) is 38.2 Å². The Bertz CT molecular complexity index is 632. The predicted molar refractivity (Wildman–Crippen MR) is 91.5 cm³/mol. The number of amides is 2. The second-order valence-electron chi connectivity index (χ2n) is 6.97. The fraction of sp³-hybridized carbons (Fsp3) is 0.556. The minimum absolute atomic E-state index is 0.00789. The normalized spacial score (nSPS) is 20.2. The van der Waals surface area contributed by atoms with Crippen molar-refractivity contribution < 1.29 is 9.59 Å². The van der Waals surface area contributed by atoms with Crippen LogP contribution in [0.4, 0.5) is 5.69 Å². The molecular formula is C18H23ClN2O2. The van der Waals surface area contributed by atoms with Gasteiger partial charge in [0.05, 0.1) is 0 Å². The van der Waals surface area contributed by atoms with E-state index in [9.17, 15) is 9.59 Å². The van der Waals surface area contributed by atoms with Crippen LogP contribution >= 0.6 is 11.6 Å². The molecule has 124 valence electrons. The molecule has 5 heteroatoms. The van der Waals surface area contributed by atoms with Crippen LogP contribution in [0.3, 0.4) is 0 Å². The van der Waals surface area contributed by atoms with Crippen LogP contribution in [0, 0.1) is 18.3 Å². The van der Waals surface area contributed by atoms with E-state index in [1.807, 2.05) is 17.9 Å². The third kappa shape index (κ3) is 3.23. The molecule has 1 saturated carbocycles. The zero-order valence-electron chi connectivity index (χ0n) is 13.7. The molecule has 0 radical (unpaired) electrons. The number of carbonyl (C=O) groups is 2. The maximum atomic E-state index is 12.8. The van der Waals surface area contributed by atoms with Crippen molar-refractivity contribution in [2.45, 2.75) is 39.5 Å². The summed E-state index contributed by atoms with van der Waals surface area (Å²) in [4.78, 5) is 27.4. The maximum Gasteiger partial charge on any atom is 0.240 e. The minimum Gasteiger partial charge on any atom is -0.342 e. The summed E-state index contributed by atoms with van der Waals surface area (Å²) in [5, 5.41) is 3.56. The maximum absolute atomic E-state index is 12.8. The van der Waals surface area contributed by atoms with Crippen molar-refractivity contribution in [3.05, 3.63) is 28.8 Å². The zero-order chi connectivity index (χ0) is 16.6. The monoisotopic (exact) mass is 334 g/mol. The lowest BCUT2D eigenvalue weighted by atomic mass is 9.96. The summed E-state index contributed by atoms with van der Waals surface area (Å²) in [7, 11) is 0. The molecule has 1 aliphatic carbocycles. The third-order valence-electron chi connectivity index (χ3n) is 5.10. The van der Waals surface area contributed by atoms with E-state index >= 15 is 0 Å². The van der Waals surface area contributed by atoms with E-state index in [2.05, 4.69) is 12.2 Å². The minimum atomic E-state index is -0.841. The number of anilines is 1. The van der Waals surface area contributed by atoms with Crippen LogP contribution in [0.2, 0.25) is 5.02 Å². The lowest BCUT2D eigenvalue weighted by molar-refractivity contribution is -0.143. The number of nitrogens with one attached hydrogen (secondary N) is 1. The molecule has 1 aromatic rings. The Hall–Kier alpha value is -1.55. The summed E-state index contributed by atoms with van der Waals surface area (Å²) < 4.78 is 0. The van der Waals surface area contributed by atoms with Gasteiger partial charge in [-0.15, -0.1) is 0 Å². The highest BCUT2D eigenvalue weighted by atomic mass is 35.5. The molecule has 2 amide bonds. The highest BCUT2D eigenvalue weighted by Crippen LogP contribution is 2.48. The van der Waals surface area contributed by atoms with Gasteiger partial charge in [0.15, 0.2) is 0 Å². The van der Waals surface area contributed by atoms with Crippen LogP contribution in [0.25, 0.3) is 0 Å². The Labute approximate surface area is 142 Å². The fourth-order valence-electron chi connectivity index (χ4n) is 3.19. The topological polar surface area (TPSA) is 49.4 Å². The summed E-state index contributed by atoms with van der Waals surface area (Å²) in [5.74, 6) is 0.500. The average Bonchev–Trinajstić information content (AvgIpc) is 3.32. The van der Waals surface area contributed by atoms with Gasteiger partial charge in [-0.1, -0.05) is 18.5 Å². The molecule has 1 aromatic carbocycles. The highest BCUT2D eigenvalue weighted by molar-refractivity contribution is 6.30. The number of hydrogen-bond donors (Lipinski definition) is 1. The number of likely N-dealkylation sites (tertiary alicyclic amines) is 1. The average molecular weight is 335 g/mol. The van der Waals surface area contributed by atoms with E-state index in [4.69, 9.17) is 11.6 Å². The van der Waals surface area contributed by atoms with Crippen molar-refractivity contribution in [1.82, 2.24) is 4.90 Å². The number of aryl methyl sites for hydroxylation is 1. The molecule has 0 unspecified atom stereocenters. The summed E-state index contributed by atoms with van der Waals surface area (Å²) in [6.07, 6.45) is 3.35. The lowest BCUT2D eigenvalue weighted by Crippen LogP contribution is -2.46. The van der Waals surface area contributed by atoms with E-state index < -0.39 is 5.41 Å². The van der Waals surface area contributed by atoms with Crippen molar-refractivity contribution in [3.63, 3.8) is 0 Å². The lowest BCUT2D eigenvalue weighted by Gasteiger charge is -2.32. The molecule has 2 aliphatic rings. The van der Waals surface area contributed by atoms with E-state index in [0.29, 0.717) is 23.8 Å². The van der Waals surface area contributed by atoms with Gasteiger partial charge in [0.2, 0.25) is 11.8 Å². The summed E-state index contributed by atoms with van der Waals surface area (Å²) in [6.45, 7) is 5.66. The molecule has 1 heterocycles. The first-order valence-corrected chi connectivity index (χ1v) is 8.67. The van der Waals surface area contributed by atoms with Gasteiger partial charge in [-0.05, 0) is 62.3 Å². The number of halogens is 1. The Morgan fingerprint density at radius 3 is 2.48 bits per heavy atom. The zero-order valence-corrected chi connectivity index (χ0v) is 14.4. The Morgan fingerprint density at radius 2 is 1.91 bits per heavy atom. The van der Waals surface area contributed by atoms with Crippen LogP contribution in [0.5, 0.6) is 0 Å². The van der Waals surface area contributed by atoms with Crippen LogP contribution in [-0.4, -0.2) is 29.8 Å². The van der Waals surface area contributed by atoms with Crippen LogP contribution in [-0.2, 0) is 9.59 Å². The first kappa shape index (κ1) is 16.3. The molecule has 1 N–H and O–H groups in total. The standard InChI is InChI=1S/C18H23ClN2O2/c1-12-5-9-21(10-6-12)17(23)18(7-8-18)16(22)20-15-4-3-14(19)11-13(15)2/h3-4,11-12H,5-10H2,1-2H3,(H,20,22). The SMILES string of the molecule is Cc1cc(Cl)ccc1NC(=O)C1(C(=O)N2CCC(C)CC2)CC1. The molecule has 0 spiro atoms. The third-order valence-corrected chi connectivity index (χ3v) is 5.34. The number of benzene rings is 1. The number of nitrogens with zero attached hydrogens (tertiary/aromatic N) is 1. The van der Waals surface area contributed by atoms with Gasteiger partial charge in [0.1, 0.15) is 5.41 Å². The Kier molecular flexibility index (Phi) is 4.37. The largest absolute Gasteiger partial charge is 0.342 e. The second kappa shape index (κ2) is 6.16. The van der Waals surface area contributed by atoms with Crippen molar-refractivity contribution in [2.75, 3.05) is 18.4 Å². The number of hydrogen-bond acceptors (Lipinski definition) is 2. The number of rotatable bonds is 3. The summed E-state index contributed by atoms with van der Waals surface area (Å²) in [6, 6.07) is 5.35. The van der Waals surface area contributed by atoms with Gasteiger partial charge in [-0.3, -0.25) is 9.59 Å². The molecule has 3 rings (SSSR count). The smallest absolute Gasteiger partial charge is 0.240 e. The van der Waals surface area contributed by atoms with Gasteiger partial charge in [-0.2, -0.15) is 0 Å². The molecule has 0 atom stereocenters. The van der Waals surface area contributed by atoms with Gasteiger partial charge < -0.3 is 10.2 Å². The van der Waals surface area contributed by atoms with Gasteiger partial charge >= 0.3 is 0 Å². The van der Waals surface area contributed by atoms with Gasteiger partial charge in [-0.25, -0.2) is 0 Å². The van der Waals surface area contributed by atoms with E-state index in [1.54, 1.807) is 12.1 Å². The van der Waals surface area contributed by atoms with E-state index in [0.717, 1.165) is 37.2 Å². The van der Waals surface area contributed by atoms with Crippen LogP contribution < -0.4 is 5.32 Å². The molecule has 1 saturated heterocycles. The predicted octanol–water partition coefficient (Wildman–Crippen LogP) is 3.63. The van der Waals surface area contributed by atoms with Crippen molar-refractivity contribution in [3.8, 4) is 0 Å². The molecule has 0 aromatic heterocycles. The molecule has 2 fully saturated rings. The van der Waals surface area contributed by atoms with E-state index in [1.165, 1.54) is 0 Å². The Morgan fingerprint density at radius 1 is 1.26 bits per heavy atom. The molecule has 23 heavy (non-hydrogen) atoms. The second-order valence-corrected chi connectivity index (χ2v) is 7.41. The van der Waals surface area contributed by atoms with Crippen LogP contribution in [0.15, 0.2) is 18.2 Å². The van der Waals surface area contributed by atoms with Crippen molar-refractivity contribution in [1.29, 1.82) is 0 Å². The number of carbonyl (C=O) groups excluding carboxylic acids is 2. The summed E-state index contributed by atoms with van der Waals surface area (Å²) in [5.41, 5.74) is 0.791. The van der Waals surface area contributed by atoms with Gasteiger partial charge in [0.25, 0.3) is 0 Å². The van der Waals surface area contributed by atoms with Crippen molar-refractivity contribution in [2.24, 2.45) is 11.3 Å². The molecule has 0 bridgehead atoms. The molecule has 4 nitrogen and oxygen atoms in total. The first-order chi connectivity index (χ1) is 10.9. The number of piperidine rings is 1. The fourth-order valence-corrected chi connectivity index (χ4v) is 3.41. The van der Waals surface area contributed by atoms with Gasteiger partial charge in [0, 0.05) is 23.8 Å². The van der Waals surface area contributed by atoms with E-state index in [-0.39, 0.29) is 11.8 Å². The molecule has 1 aliphatic heterocycles.